The number of rotatable bonds is 12. The maximum absolute atomic E-state index is 13.0. The molecule has 8 nitrogen and oxygen atoms in total. The maximum atomic E-state index is 13.0. The van der Waals surface area contributed by atoms with Crippen LogP contribution < -0.4 is 14.8 Å². The number of carbonyl (C=O) groups is 2. The van der Waals surface area contributed by atoms with Crippen LogP contribution in [-0.2, 0) is 14.6 Å². The summed E-state index contributed by atoms with van der Waals surface area (Å²) >= 11 is 0. The molecule has 0 fully saturated rings. The highest BCUT2D eigenvalue weighted by molar-refractivity contribution is 7.90. The molecule has 0 heterocycles. The van der Waals surface area contributed by atoms with Crippen LogP contribution >= 0.6 is 0 Å². The summed E-state index contributed by atoms with van der Waals surface area (Å²) in [5, 5.41) is 2.84. The first-order valence-corrected chi connectivity index (χ1v) is 13.1. The molecule has 2 aromatic carbocycles. The minimum absolute atomic E-state index is 0.100. The third-order valence-corrected chi connectivity index (χ3v) is 6.27. The van der Waals surface area contributed by atoms with E-state index in [9.17, 15) is 18.0 Å². The SMILES string of the molecule is CCOc1ccc(C(=O)NC(C(=O)N(C)CCCOc2cccc(S(C)(=O)=O)c2)C(C)C)cc1. The predicted molar refractivity (Wildman–Crippen MR) is 131 cm³/mol. The summed E-state index contributed by atoms with van der Waals surface area (Å²) in [5.41, 5.74) is 0.453. The monoisotopic (exact) mass is 490 g/mol. The Labute approximate surface area is 202 Å². The average Bonchev–Trinajstić information content (AvgIpc) is 2.79. The Morgan fingerprint density at radius 1 is 1.03 bits per heavy atom. The number of ether oxygens (including phenoxy) is 2. The number of hydrogen-bond acceptors (Lipinski definition) is 6. The van der Waals surface area contributed by atoms with Gasteiger partial charge in [0.05, 0.1) is 18.1 Å². The summed E-state index contributed by atoms with van der Waals surface area (Å²) in [6, 6.07) is 12.4. The van der Waals surface area contributed by atoms with Gasteiger partial charge in [-0.05, 0) is 61.7 Å². The van der Waals surface area contributed by atoms with Crippen molar-refractivity contribution in [1.82, 2.24) is 10.2 Å². The summed E-state index contributed by atoms with van der Waals surface area (Å²) in [4.78, 5) is 27.4. The van der Waals surface area contributed by atoms with Crippen molar-refractivity contribution in [2.75, 3.05) is 33.1 Å². The topological polar surface area (TPSA) is 102 Å². The number of nitrogens with zero attached hydrogens (tertiary/aromatic N) is 1. The lowest BCUT2D eigenvalue weighted by atomic mass is 10.0. The fourth-order valence-electron chi connectivity index (χ4n) is 3.24. The first kappa shape index (κ1) is 27.2. The van der Waals surface area contributed by atoms with Crippen LogP contribution in [0.1, 0.15) is 37.6 Å². The summed E-state index contributed by atoms with van der Waals surface area (Å²) in [7, 11) is -1.62. The van der Waals surface area contributed by atoms with Crippen molar-refractivity contribution in [2.24, 2.45) is 5.92 Å². The lowest BCUT2D eigenvalue weighted by molar-refractivity contribution is -0.133. The van der Waals surface area contributed by atoms with E-state index in [2.05, 4.69) is 5.32 Å². The molecule has 0 radical (unpaired) electrons. The summed E-state index contributed by atoms with van der Waals surface area (Å²) in [6.07, 6.45) is 1.69. The van der Waals surface area contributed by atoms with Gasteiger partial charge in [0.25, 0.3) is 5.91 Å². The van der Waals surface area contributed by atoms with Crippen LogP contribution in [0.3, 0.4) is 0 Å². The first-order chi connectivity index (χ1) is 16.0. The van der Waals surface area contributed by atoms with Crippen molar-refractivity contribution < 1.29 is 27.5 Å². The highest BCUT2D eigenvalue weighted by Gasteiger charge is 2.27. The van der Waals surface area contributed by atoms with Gasteiger partial charge in [-0.15, -0.1) is 0 Å². The van der Waals surface area contributed by atoms with Gasteiger partial charge in [-0.2, -0.15) is 0 Å². The molecule has 1 N–H and O–H groups in total. The normalized spacial score (nSPS) is 12.2. The molecule has 9 heteroatoms. The van der Waals surface area contributed by atoms with Crippen LogP contribution in [0.4, 0.5) is 0 Å². The molecule has 2 amide bonds. The van der Waals surface area contributed by atoms with E-state index in [1.165, 1.54) is 12.1 Å². The molecule has 0 saturated carbocycles. The van der Waals surface area contributed by atoms with Crippen molar-refractivity contribution in [1.29, 1.82) is 0 Å². The molecule has 0 saturated heterocycles. The van der Waals surface area contributed by atoms with Gasteiger partial charge in [-0.3, -0.25) is 9.59 Å². The van der Waals surface area contributed by atoms with Crippen LogP contribution in [0.2, 0.25) is 0 Å². The molecule has 0 bridgehead atoms. The van der Waals surface area contributed by atoms with Gasteiger partial charge in [0.15, 0.2) is 9.84 Å². The van der Waals surface area contributed by atoms with E-state index in [0.717, 1.165) is 6.26 Å². The quantitative estimate of drug-likeness (QED) is 0.459. The molecule has 0 aromatic heterocycles. The number of carbonyl (C=O) groups excluding carboxylic acids is 2. The highest BCUT2D eigenvalue weighted by Crippen LogP contribution is 2.18. The van der Waals surface area contributed by atoms with E-state index in [-0.39, 0.29) is 22.6 Å². The molecule has 1 atom stereocenters. The summed E-state index contributed by atoms with van der Waals surface area (Å²) in [6.45, 7) is 6.93. The van der Waals surface area contributed by atoms with Crippen LogP contribution in [0.15, 0.2) is 53.4 Å². The predicted octanol–water partition coefficient (Wildman–Crippen LogP) is 3.17. The minimum atomic E-state index is -3.31. The van der Waals surface area contributed by atoms with Crippen LogP contribution in [0.25, 0.3) is 0 Å². The Bertz CT molecular complexity index is 1070. The van der Waals surface area contributed by atoms with Gasteiger partial charge < -0.3 is 19.7 Å². The molecule has 0 aliphatic rings. The van der Waals surface area contributed by atoms with E-state index >= 15 is 0 Å². The second kappa shape index (κ2) is 12.4. The van der Waals surface area contributed by atoms with Gasteiger partial charge in [-0.1, -0.05) is 19.9 Å². The zero-order valence-corrected chi connectivity index (χ0v) is 21.2. The zero-order valence-electron chi connectivity index (χ0n) is 20.4. The van der Waals surface area contributed by atoms with Crippen LogP contribution in [0.5, 0.6) is 11.5 Å². The average molecular weight is 491 g/mol. The smallest absolute Gasteiger partial charge is 0.251 e. The molecule has 2 rings (SSSR count). The molecule has 34 heavy (non-hydrogen) atoms. The number of nitrogens with one attached hydrogen (secondary N) is 1. The Kier molecular flexibility index (Phi) is 9.92. The molecular weight excluding hydrogens is 456 g/mol. The largest absolute Gasteiger partial charge is 0.494 e. The lowest BCUT2D eigenvalue weighted by Crippen LogP contribution is -2.50. The molecule has 186 valence electrons. The van der Waals surface area contributed by atoms with Crippen LogP contribution in [-0.4, -0.2) is 64.2 Å². The molecular formula is C25H34N2O6S. The fourth-order valence-corrected chi connectivity index (χ4v) is 3.90. The van der Waals surface area contributed by atoms with Crippen molar-refractivity contribution in [3.63, 3.8) is 0 Å². The number of sulfone groups is 1. The summed E-state index contributed by atoms with van der Waals surface area (Å²) in [5.74, 6) is 0.530. The number of benzene rings is 2. The maximum Gasteiger partial charge on any atom is 0.251 e. The second-order valence-electron chi connectivity index (χ2n) is 8.36. The number of amides is 2. The van der Waals surface area contributed by atoms with E-state index in [1.54, 1.807) is 48.3 Å². The van der Waals surface area contributed by atoms with E-state index in [4.69, 9.17) is 9.47 Å². The fraction of sp³-hybridized carbons (Fsp3) is 0.440. The Balaban J connectivity index is 1.89. The van der Waals surface area contributed by atoms with E-state index in [0.29, 0.717) is 43.2 Å². The Morgan fingerprint density at radius 2 is 1.71 bits per heavy atom. The number of likely N-dealkylation sites (N-methyl/N-ethyl adjacent to an activating group) is 1. The van der Waals surface area contributed by atoms with Gasteiger partial charge >= 0.3 is 0 Å². The molecule has 0 spiro atoms. The third-order valence-electron chi connectivity index (χ3n) is 5.16. The molecule has 1 unspecified atom stereocenters. The first-order valence-electron chi connectivity index (χ1n) is 11.2. The van der Waals surface area contributed by atoms with Crippen molar-refractivity contribution in [3.05, 3.63) is 54.1 Å². The van der Waals surface area contributed by atoms with Gasteiger partial charge in [0.1, 0.15) is 17.5 Å². The molecule has 2 aromatic rings. The van der Waals surface area contributed by atoms with E-state index in [1.807, 2.05) is 20.8 Å². The lowest BCUT2D eigenvalue weighted by Gasteiger charge is -2.27. The van der Waals surface area contributed by atoms with Gasteiger partial charge in [0.2, 0.25) is 5.91 Å². The van der Waals surface area contributed by atoms with Gasteiger partial charge in [0, 0.05) is 25.4 Å². The Hall–Kier alpha value is -3.07. The minimum Gasteiger partial charge on any atom is -0.494 e. The van der Waals surface area contributed by atoms with Gasteiger partial charge in [-0.25, -0.2) is 8.42 Å². The Morgan fingerprint density at radius 3 is 2.29 bits per heavy atom. The summed E-state index contributed by atoms with van der Waals surface area (Å²) < 4.78 is 34.4. The third kappa shape index (κ3) is 8.06. The molecule has 0 aliphatic carbocycles. The van der Waals surface area contributed by atoms with Crippen molar-refractivity contribution >= 4 is 21.7 Å². The molecule has 0 aliphatic heterocycles. The highest BCUT2D eigenvalue weighted by atomic mass is 32.2. The number of hydrogen-bond donors (Lipinski definition) is 1. The standard InChI is InChI=1S/C25H34N2O6S/c1-6-32-20-13-11-19(12-14-20)24(28)26-23(18(2)3)25(29)27(4)15-8-16-33-21-9-7-10-22(17-21)34(5,30)31/h7,9-14,17-18,23H,6,8,15-16H2,1-5H3,(H,26,28). The second-order valence-corrected chi connectivity index (χ2v) is 10.4. The van der Waals surface area contributed by atoms with Crippen LogP contribution in [0, 0.1) is 5.92 Å². The zero-order chi connectivity index (χ0) is 25.3. The van der Waals surface area contributed by atoms with E-state index < -0.39 is 15.9 Å². The van der Waals surface area contributed by atoms with Crippen molar-refractivity contribution in [3.8, 4) is 11.5 Å². The van der Waals surface area contributed by atoms with Crippen molar-refractivity contribution in [2.45, 2.75) is 38.1 Å².